The average Bonchev–Trinajstić information content (AvgIpc) is 3.08. The molecule has 6 heteroatoms. The average molecular weight is 409 g/mol. The number of pyridine rings is 1. The normalized spacial score (nSPS) is 20.2. The molecular weight excluding hydrogens is 376 g/mol. The minimum Gasteiger partial charge on any atom is -0.353 e. The second-order valence-corrected chi connectivity index (χ2v) is 8.74. The maximum absolute atomic E-state index is 13.3. The van der Waals surface area contributed by atoms with Gasteiger partial charge in [-0.15, -0.1) is 0 Å². The maximum Gasteiger partial charge on any atom is 0.255 e. The van der Waals surface area contributed by atoms with Gasteiger partial charge in [-0.25, -0.2) is 4.98 Å². The highest BCUT2D eigenvalue weighted by atomic mass is 16.2. The Bertz CT molecular complexity index is 899. The van der Waals surface area contributed by atoms with E-state index in [4.69, 9.17) is 0 Å². The molecule has 1 N–H and O–H groups in total. The summed E-state index contributed by atoms with van der Waals surface area (Å²) >= 11 is 0. The third-order valence-corrected chi connectivity index (χ3v) is 6.57. The van der Waals surface area contributed by atoms with Crippen LogP contribution in [0.2, 0.25) is 0 Å². The lowest BCUT2D eigenvalue weighted by atomic mass is 9.93. The van der Waals surface area contributed by atoms with E-state index < -0.39 is 0 Å². The fourth-order valence-corrected chi connectivity index (χ4v) is 4.93. The molecule has 2 fully saturated rings. The first-order chi connectivity index (χ1) is 14.5. The summed E-state index contributed by atoms with van der Waals surface area (Å²) in [5.41, 5.74) is 2.58. The molecule has 1 aliphatic carbocycles. The van der Waals surface area contributed by atoms with Gasteiger partial charge in [-0.3, -0.25) is 9.59 Å². The van der Waals surface area contributed by atoms with Crippen molar-refractivity contribution in [1.82, 2.24) is 19.8 Å². The Morgan fingerprint density at radius 1 is 1.07 bits per heavy atom. The number of amides is 2. The Kier molecular flexibility index (Phi) is 6.21. The van der Waals surface area contributed by atoms with Crippen LogP contribution in [0.5, 0.6) is 0 Å². The zero-order chi connectivity index (χ0) is 21.1. The van der Waals surface area contributed by atoms with Crippen molar-refractivity contribution in [3.05, 3.63) is 47.4 Å². The van der Waals surface area contributed by atoms with E-state index in [1.807, 2.05) is 47.6 Å². The molecule has 2 amide bonds. The SMILES string of the molecule is Cc1cc(C(=O)N2CCCC(C(=O)NC3CCCCC3)C2)c(C)n1-c1ccccn1. The van der Waals surface area contributed by atoms with Crippen LogP contribution in [0.15, 0.2) is 30.5 Å². The number of nitrogens with zero attached hydrogens (tertiary/aromatic N) is 3. The van der Waals surface area contributed by atoms with Crippen molar-refractivity contribution in [3.8, 4) is 5.82 Å². The molecule has 0 spiro atoms. The van der Waals surface area contributed by atoms with E-state index in [1.54, 1.807) is 6.20 Å². The quantitative estimate of drug-likeness (QED) is 0.837. The molecule has 4 rings (SSSR count). The first-order valence-electron chi connectivity index (χ1n) is 11.2. The maximum atomic E-state index is 13.3. The minimum absolute atomic E-state index is 0.0143. The number of aryl methyl sites for hydroxylation is 1. The van der Waals surface area contributed by atoms with Gasteiger partial charge in [-0.05, 0) is 57.7 Å². The van der Waals surface area contributed by atoms with Crippen molar-refractivity contribution >= 4 is 11.8 Å². The smallest absolute Gasteiger partial charge is 0.255 e. The molecule has 160 valence electrons. The molecule has 1 aliphatic heterocycles. The van der Waals surface area contributed by atoms with E-state index in [9.17, 15) is 9.59 Å². The van der Waals surface area contributed by atoms with Gasteiger partial charge in [0.2, 0.25) is 5.91 Å². The van der Waals surface area contributed by atoms with Gasteiger partial charge in [0.05, 0.1) is 11.5 Å². The van der Waals surface area contributed by atoms with Crippen molar-refractivity contribution in [1.29, 1.82) is 0 Å². The number of aromatic nitrogens is 2. The first-order valence-corrected chi connectivity index (χ1v) is 11.2. The largest absolute Gasteiger partial charge is 0.353 e. The van der Waals surface area contributed by atoms with Crippen molar-refractivity contribution < 1.29 is 9.59 Å². The van der Waals surface area contributed by atoms with Gasteiger partial charge in [-0.2, -0.15) is 0 Å². The van der Waals surface area contributed by atoms with E-state index >= 15 is 0 Å². The summed E-state index contributed by atoms with van der Waals surface area (Å²) in [6.45, 7) is 5.17. The molecule has 2 aromatic heterocycles. The molecular formula is C24H32N4O2. The second kappa shape index (κ2) is 9.02. The molecule has 0 radical (unpaired) electrons. The Balaban J connectivity index is 1.46. The summed E-state index contributed by atoms with van der Waals surface area (Å²) in [6, 6.07) is 8.03. The summed E-state index contributed by atoms with van der Waals surface area (Å²) in [5, 5.41) is 3.24. The van der Waals surface area contributed by atoms with Gasteiger partial charge in [0.15, 0.2) is 0 Å². The fourth-order valence-electron chi connectivity index (χ4n) is 4.93. The summed E-state index contributed by atoms with van der Waals surface area (Å²) in [5.74, 6) is 0.845. The Labute approximate surface area is 178 Å². The molecule has 1 atom stereocenters. The Morgan fingerprint density at radius 2 is 1.87 bits per heavy atom. The van der Waals surface area contributed by atoms with Crippen LogP contribution in [0.3, 0.4) is 0 Å². The predicted molar refractivity (Wildman–Crippen MR) is 117 cm³/mol. The molecule has 2 aliphatic rings. The zero-order valence-corrected chi connectivity index (χ0v) is 18.1. The second-order valence-electron chi connectivity index (χ2n) is 8.74. The van der Waals surface area contributed by atoms with Crippen molar-refractivity contribution in [3.63, 3.8) is 0 Å². The third-order valence-electron chi connectivity index (χ3n) is 6.57. The van der Waals surface area contributed by atoms with Crippen LogP contribution in [-0.4, -0.2) is 45.4 Å². The van der Waals surface area contributed by atoms with Crippen LogP contribution in [-0.2, 0) is 4.79 Å². The van der Waals surface area contributed by atoms with E-state index in [-0.39, 0.29) is 17.7 Å². The third kappa shape index (κ3) is 4.27. The Morgan fingerprint density at radius 3 is 2.60 bits per heavy atom. The van der Waals surface area contributed by atoms with E-state index in [2.05, 4.69) is 10.3 Å². The van der Waals surface area contributed by atoms with Crippen molar-refractivity contribution in [2.75, 3.05) is 13.1 Å². The number of hydrogen-bond acceptors (Lipinski definition) is 3. The van der Waals surface area contributed by atoms with Gasteiger partial charge < -0.3 is 14.8 Å². The van der Waals surface area contributed by atoms with Crippen molar-refractivity contribution in [2.45, 2.75) is 64.8 Å². The van der Waals surface area contributed by atoms with Crippen LogP contribution in [0.25, 0.3) is 5.82 Å². The van der Waals surface area contributed by atoms with Gasteiger partial charge >= 0.3 is 0 Å². The zero-order valence-electron chi connectivity index (χ0n) is 18.1. The highest BCUT2D eigenvalue weighted by molar-refractivity contribution is 5.96. The van der Waals surface area contributed by atoms with Crippen molar-refractivity contribution in [2.24, 2.45) is 5.92 Å². The van der Waals surface area contributed by atoms with Crippen LogP contribution in [0, 0.1) is 19.8 Å². The summed E-state index contributed by atoms with van der Waals surface area (Å²) < 4.78 is 2.02. The number of rotatable bonds is 4. The number of hydrogen-bond donors (Lipinski definition) is 1. The molecule has 1 saturated carbocycles. The molecule has 3 heterocycles. The standard InChI is InChI=1S/C24H32N4O2/c1-17-15-21(18(2)28(17)22-12-6-7-13-25-22)24(30)27-14-8-9-19(16-27)23(29)26-20-10-4-3-5-11-20/h6-7,12-13,15,19-20H,3-5,8-11,14,16H2,1-2H3,(H,26,29). The Hall–Kier alpha value is -2.63. The van der Waals surface area contributed by atoms with E-state index in [0.717, 1.165) is 42.9 Å². The van der Waals surface area contributed by atoms with Gasteiger partial charge in [0, 0.05) is 36.7 Å². The van der Waals surface area contributed by atoms with Crippen LogP contribution in [0.1, 0.15) is 66.7 Å². The minimum atomic E-state index is -0.107. The summed E-state index contributed by atoms with van der Waals surface area (Å²) in [4.78, 5) is 32.4. The number of nitrogens with one attached hydrogen (secondary N) is 1. The van der Waals surface area contributed by atoms with Crippen LogP contribution < -0.4 is 5.32 Å². The number of carbonyl (C=O) groups excluding carboxylic acids is 2. The number of piperidine rings is 1. The lowest BCUT2D eigenvalue weighted by molar-refractivity contribution is -0.127. The molecule has 0 aromatic carbocycles. The van der Waals surface area contributed by atoms with Gasteiger partial charge in [0.25, 0.3) is 5.91 Å². The molecule has 0 bridgehead atoms. The molecule has 30 heavy (non-hydrogen) atoms. The number of carbonyl (C=O) groups is 2. The topological polar surface area (TPSA) is 67.2 Å². The van der Waals surface area contributed by atoms with E-state index in [0.29, 0.717) is 24.7 Å². The van der Waals surface area contributed by atoms with Crippen LogP contribution in [0.4, 0.5) is 0 Å². The first kappa shape index (κ1) is 20.6. The van der Waals surface area contributed by atoms with Gasteiger partial charge in [-0.1, -0.05) is 25.3 Å². The molecule has 2 aromatic rings. The molecule has 6 nitrogen and oxygen atoms in total. The van der Waals surface area contributed by atoms with E-state index in [1.165, 1.54) is 19.3 Å². The fraction of sp³-hybridized carbons (Fsp3) is 0.542. The molecule has 1 saturated heterocycles. The molecule has 1 unspecified atom stereocenters. The highest BCUT2D eigenvalue weighted by Crippen LogP contribution is 2.25. The highest BCUT2D eigenvalue weighted by Gasteiger charge is 2.31. The predicted octanol–water partition coefficient (Wildman–Crippen LogP) is 3.79. The number of likely N-dealkylation sites (tertiary alicyclic amines) is 1. The summed E-state index contributed by atoms with van der Waals surface area (Å²) in [7, 11) is 0. The monoisotopic (exact) mass is 408 g/mol. The van der Waals surface area contributed by atoms with Crippen LogP contribution >= 0.6 is 0 Å². The van der Waals surface area contributed by atoms with Gasteiger partial charge in [0.1, 0.15) is 5.82 Å². The summed E-state index contributed by atoms with van der Waals surface area (Å²) in [6.07, 6.45) is 9.33. The lowest BCUT2D eigenvalue weighted by Crippen LogP contribution is -2.48. The lowest BCUT2D eigenvalue weighted by Gasteiger charge is -2.33.